The number of hydrogen-bond acceptors (Lipinski definition) is 5. The Morgan fingerprint density at radius 3 is 2.65 bits per heavy atom. The Morgan fingerprint density at radius 2 is 1.90 bits per heavy atom. The average molecular weight is 470 g/mol. The van der Waals surface area contributed by atoms with Crippen LogP contribution in [0.3, 0.4) is 0 Å². The number of aromatic nitrogens is 1. The number of nitrogens with zero attached hydrogens (tertiary/aromatic N) is 2. The number of halogens is 1. The van der Waals surface area contributed by atoms with Crippen molar-refractivity contribution in [2.45, 2.75) is 26.8 Å². The fraction of sp³-hybridized carbons (Fsp3) is 0.250. The average Bonchev–Trinajstić information content (AvgIpc) is 3.33. The van der Waals surface area contributed by atoms with Crippen LogP contribution in [0.15, 0.2) is 48.5 Å². The number of aryl methyl sites for hydroxylation is 1. The number of thiazole rings is 1. The molecule has 0 atom stereocenters. The molecule has 0 saturated heterocycles. The summed E-state index contributed by atoms with van der Waals surface area (Å²) in [5.41, 5.74) is 5.31. The van der Waals surface area contributed by atoms with E-state index in [-0.39, 0.29) is 18.3 Å². The van der Waals surface area contributed by atoms with E-state index >= 15 is 0 Å². The molecule has 0 radical (unpaired) electrons. The molecule has 1 amide bonds. The van der Waals surface area contributed by atoms with E-state index in [0.29, 0.717) is 5.56 Å². The van der Waals surface area contributed by atoms with Gasteiger partial charge in [0.25, 0.3) is 5.91 Å². The summed E-state index contributed by atoms with van der Waals surface area (Å²) in [5, 5.41) is 5.12. The highest BCUT2D eigenvalue weighted by atomic mass is 35.5. The van der Waals surface area contributed by atoms with Gasteiger partial charge in [-0.15, -0.1) is 35.1 Å². The molecule has 4 nitrogen and oxygen atoms in total. The van der Waals surface area contributed by atoms with E-state index in [1.807, 2.05) is 43.3 Å². The number of thiophene rings is 1. The minimum atomic E-state index is -0.0664. The third-order valence-electron chi connectivity index (χ3n) is 5.63. The van der Waals surface area contributed by atoms with Crippen molar-refractivity contribution in [2.24, 2.45) is 0 Å². The van der Waals surface area contributed by atoms with Gasteiger partial charge in [0, 0.05) is 29.1 Å². The van der Waals surface area contributed by atoms with Crippen LogP contribution < -0.4 is 5.32 Å². The summed E-state index contributed by atoms with van der Waals surface area (Å²) in [5.74, 6) is -0.0664. The normalized spacial score (nSPS) is 13.6. The van der Waals surface area contributed by atoms with E-state index in [0.717, 1.165) is 52.7 Å². The van der Waals surface area contributed by atoms with Gasteiger partial charge in [0.05, 0.1) is 10.2 Å². The minimum absolute atomic E-state index is 0. The van der Waals surface area contributed by atoms with Gasteiger partial charge in [0.2, 0.25) is 0 Å². The number of carbonyl (C=O) groups is 1. The highest BCUT2D eigenvalue weighted by Crippen LogP contribution is 2.45. The lowest BCUT2D eigenvalue weighted by Crippen LogP contribution is -2.29. The molecule has 160 valence electrons. The van der Waals surface area contributed by atoms with Gasteiger partial charge in [-0.2, -0.15) is 0 Å². The van der Waals surface area contributed by atoms with Crippen molar-refractivity contribution in [3.8, 4) is 10.6 Å². The van der Waals surface area contributed by atoms with E-state index in [1.54, 1.807) is 22.7 Å². The molecular weight excluding hydrogens is 446 g/mol. The Morgan fingerprint density at radius 1 is 1.13 bits per heavy atom. The fourth-order valence-electron chi connectivity index (χ4n) is 3.90. The van der Waals surface area contributed by atoms with Crippen molar-refractivity contribution in [3.63, 3.8) is 0 Å². The third-order valence-corrected chi connectivity index (χ3v) is 7.82. The molecule has 0 bridgehead atoms. The quantitative estimate of drug-likeness (QED) is 0.377. The zero-order chi connectivity index (χ0) is 20.7. The third kappa shape index (κ3) is 4.26. The van der Waals surface area contributed by atoms with E-state index in [2.05, 4.69) is 29.3 Å². The van der Waals surface area contributed by atoms with Crippen LogP contribution in [0, 0.1) is 6.92 Å². The van der Waals surface area contributed by atoms with Crippen LogP contribution in [0.2, 0.25) is 0 Å². The molecule has 2 aromatic heterocycles. The molecule has 1 aliphatic heterocycles. The maximum atomic E-state index is 13.0. The SMILES string of the molecule is CCN1CCc2c(sc(NC(=O)c3ccc(C)cc3)c2-c2nc3ccccc3s2)C1.Cl. The number of nitrogens with one attached hydrogen (secondary N) is 1. The van der Waals surface area contributed by atoms with E-state index in [9.17, 15) is 4.79 Å². The number of rotatable bonds is 4. The summed E-state index contributed by atoms with van der Waals surface area (Å²) in [4.78, 5) is 21.7. The first-order valence-corrected chi connectivity index (χ1v) is 11.9. The summed E-state index contributed by atoms with van der Waals surface area (Å²) in [6, 6.07) is 15.9. The summed E-state index contributed by atoms with van der Waals surface area (Å²) in [6.45, 7) is 7.25. The summed E-state index contributed by atoms with van der Waals surface area (Å²) in [7, 11) is 0. The number of fused-ring (bicyclic) bond motifs is 2. The van der Waals surface area contributed by atoms with Gasteiger partial charge in [-0.3, -0.25) is 9.69 Å². The molecule has 4 aromatic rings. The highest BCUT2D eigenvalue weighted by Gasteiger charge is 2.27. The van der Waals surface area contributed by atoms with Gasteiger partial charge < -0.3 is 5.32 Å². The first-order valence-electron chi connectivity index (χ1n) is 10.2. The van der Waals surface area contributed by atoms with Crippen LogP contribution in [0.1, 0.15) is 33.3 Å². The number of hydrogen-bond donors (Lipinski definition) is 1. The van der Waals surface area contributed by atoms with Crippen molar-refractivity contribution in [2.75, 3.05) is 18.4 Å². The molecule has 3 heterocycles. The van der Waals surface area contributed by atoms with Crippen LogP contribution in [-0.4, -0.2) is 28.9 Å². The maximum absolute atomic E-state index is 13.0. The second-order valence-electron chi connectivity index (χ2n) is 7.63. The lowest BCUT2D eigenvalue weighted by Gasteiger charge is -2.25. The second-order valence-corrected chi connectivity index (χ2v) is 9.77. The first-order chi connectivity index (χ1) is 14.6. The van der Waals surface area contributed by atoms with Gasteiger partial charge >= 0.3 is 0 Å². The van der Waals surface area contributed by atoms with Crippen molar-refractivity contribution in [1.29, 1.82) is 0 Å². The highest BCUT2D eigenvalue weighted by molar-refractivity contribution is 7.23. The lowest BCUT2D eigenvalue weighted by atomic mass is 10.0. The maximum Gasteiger partial charge on any atom is 0.256 e. The Labute approximate surface area is 196 Å². The number of anilines is 1. The van der Waals surface area contributed by atoms with Crippen molar-refractivity contribution in [1.82, 2.24) is 9.88 Å². The van der Waals surface area contributed by atoms with Crippen LogP contribution in [0.5, 0.6) is 0 Å². The molecular formula is C24H24ClN3OS2. The van der Waals surface area contributed by atoms with Crippen LogP contribution in [0.25, 0.3) is 20.8 Å². The van der Waals surface area contributed by atoms with Gasteiger partial charge in [-0.05, 0) is 49.7 Å². The Kier molecular flexibility index (Phi) is 6.44. The zero-order valence-electron chi connectivity index (χ0n) is 17.5. The molecule has 0 fully saturated rings. The standard InChI is InChI=1S/C24H23N3OS2.ClH/c1-3-27-13-12-17-20(14-27)30-24(26-22(28)16-10-8-15(2)9-11-16)21(17)23-25-18-6-4-5-7-19(18)29-23;/h4-11H,3,12-14H2,1-2H3,(H,26,28);1H. The van der Waals surface area contributed by atoms with Crippen molar-refractivity contribution >= 4 is 56.2 Å². The van der Waals surface area contributed by atoms with E-state index in [4.69, 9.17) is 4.98 Å². The van der Waals surface area contributed by atoms with Crippen LogP contribution in [-0.2, 0) is 13.0 Å². The minimum Gasteiger partial charge on any atom is -0.313 e. The Balaban J connectivity index is 0.00000231. The molecule has 0 spiro atoms. The summed E-state index contributed by atoms with van der Waals surface area (Å²) < 4.78 is 1.18. The van der Waals surface area contributed by atoms with Gasteiger partial charge in [0.15, 0.2) is 0 Å². The molecule has 1 aliphatic rings. The number of para-hydroxylation sites is 1. The molecule has 0 aliphatic carbocycles. The first kappa shape index (κ1) is 22.0. The topological polar surface area (TPSA) is 45.2 Å². The summed E-state index contributed by atoms with van der Waals surface area (Å²) in [6.07, 6.45) is 0.991. The van der Waals surface area contributed by atoms with Gasteiger partial charge in [0.1, 0.15) is 10.0 Å². The zero-order valence-corrected chi connectivity index (χ0v) is 19.9. The van der Waals surface area contributed by atoms with Gasteiger partial charge in [-0.1, -0.05) is 36.8 Å². The van der Waals surface area contributed by atoms with E-state index in [1.165, 1.54) is 15.1 Å². The number of carbonyl (C=O) groups excluding carboxylic acids is 1. The molecule has 0 saturated carbocycles. The number of benzene rings is 2. The molecule has 31 heavy (non-hydrogen) atoms. The van der Waals surface area contributed by atoms with Crippen molar-refractivity contribution < 1.29 is 4.79 Å². The van der Waals surface area contributed by atoms with Gasteiger partial charge in [-0.25, -0.2) is 4.98 Å². The smallest absolute Gasteiger partial charge is 0.256 e. The lowest BCUT2D eigenvalue weighted by molar-refractivity contribution is 0.102. The molecule has 1 N–H and O–H groups in total. The Bertz CT molecular complexity index is 1200. The van der Waals surface area contributed by atoms with Crippen LogP contribution >= 0.6 is 35.1 Å². The fourth-order valence-corrected chi connectivity index (χ4v) is 6.30. The molecule has 2 aromatic carbocycles. The largest absolute Gasteiger partial charge is 0.313 e. The molecule has 0 unspecified atom stereocenters. The predicted molar refractivity (Wildman–Crippen MR) is 134 cm³/mol. The Hall–Kier alpha value is -2.25. The second kappa shape index (κ2) is 9.09. The van der Waals surface area contributed by atoms with Crippen LogP contribution in [0.4, 0.5) is 5.00 Å². The predicted octanol–water partition coefficient (Wildman–Crippen LogP) is 6.39. The van der Waals surface area contributed by atoms with E-state index < -0.39 is 0 Å². The van der Waals surface area contributed by atoms with Crippen molar-refractivity contribution in [3.05, 3.63) is 70.1 Å². The monoisotopic (exact) mass is 469 g/mol. The molecule has 5 rings (SSSR count). The number of amides is 1. The summed E-state index contributed by atoms with van der Waals surface area (Å²) >= 11 is 3.41. The molecule has 7 heteroatoms. The number of likely N-dealkylation sites (N-methyl/N-ethyl adjacent to an activating group) is 1.